The number of hydrogen-bond donors (Lipinski definition) is 1. The molecule has 1 N–H and O–H groups in total. The molecule has 0 radical (unpaired) electrons. The second-order valence-corrected chi connectivity index (χ2v) is 6.33. The van der Waals surface area contributed by atoms with Crippen molar-refractivity contribution in [3.05, 3.63) is 58.3 Å². The lowest BCUT2D eigenvalue weighted by atomic mass is 9.99. The van der Waals surface area contributed by atoms with Crippen LogP contribution in [-0.2, 0) is 16.6 Å². The van der Waals surface area contributed by atoms with Gasteiger partial charge in [-0.15, -0.1) is 0 Å². The number of rotatable bonds is 6. The van der Waals surface area contributed by atoms with E-state index in [1.54, 1.807) is 11.3 Å². The summed E-state index contributed by atoms with van der Waals surface area (Å²) in [6.45, 7) is 0.789. The Kier molecular flexibility index (Phi) is 3.88. The first kappa shape index (κ1) is 13.4. The van der Waals surface area contributed by atoms with Crippen molar-refractivity contribution in [1.82, 2.24) is 5.32 Å². The average molecular weight is 285 g/mol. The number of nitrogens with one attached hydrogen (secondary N) is 1. The molecule has 2 nitrogen and oxygen atoms in total. The summed E-state index contributed by atoms with van der Waals surface area (Å²) in [5.41, 5.74) is 2.86. The van der Waals surface area contributed by atoms with Gasteiger partial charge in [0.1, 0.15) is 0 Å². The molecular weight excluding hydrogens is 266 g/mol. The predicted octanol–water partition coefficient (Wildman–Crippen LogP) is 3.53. The maximum absolute atomic E-state index is 12.0. The monoisotopic (exact) mass is 285 g/mol. The molecule has 1 aliphatic carbocycles. The zero-order chi connectivity index (χ0) is 13.8. The fourth-order valence-corrected chi connectivity index (χ4v) is 3.32. The van der Waals surface area contributed by atoms with Gasteiger partial charge in [-0.1, -0.05) is 30.3 Å². The number of hydrogen-bond acceptors (Lipinski definition) is 2. The highest BCUT2D eigenvalue weighted by Gasteiger charge is 2.44. The number of carbonyl (C=O) groups excluding carboxylic acids is 1. The highest BCUT2D eigenvalue weighted by molar-refractivity contribution is 7.08. The first-order valence-electron chi connectivity index (χ1n) is 7.12. The number of amides is 1. The Morgan fingerprint density at radius 1 is 1.20 bits per heavy atom. The predicted molar refractivity (Wildman–Crippen MR) is 83.0 cm³/mol. The molecule has 0 saturated heterocycles. The van der Waals surface area contributed by atoms with E-state index in [1.165, 1.54) is 24.0 Å². The van der Waals surface area contributed by atoms with Crippen LogP contribution in [0, 0.1) is 0 Å². The van der Waals surface area contributed by atoms with Crippen LogP contribution in [0.25, 0.3) is 0 Å². The molecule has 1 saturated carbocycles. The summed E-state index contributed by atoms with van der Waals surface area (Å²) in [4.78, 5) is 12.0. The molecule has 0 bridgehead atoms. The zero-order valence-electron chi connectivity index (χ0n) is 11.5. The molecule has 3 rings (SSSR count). The summed E-state index contributed by atoms with van der Waals surface area (Å²) in [6, 6.07) is 12.4. The highest BCUT2D eigenvalue weighted by atomic mass is 32.1. The molecule has 0 unspecified atom stereocenters. The number of carbonyl (C=O) groups is 1. The maximum atomic E-state index is 12.0. The van der Waals surface area contributed by atoms with Crippen LogP contribution < -0.4 is 5.32 Å². The molecular formula is C17H19NOS. The summed E-state index contributed by atoms with van der Waals surface area (Å²) < 4.78 is 0. The molecule has 1 aromatic carbocycles. The van der Waals surface area contributed by atoms with Crippen molar-refractivity contribution in [2.75, 3.05) is 6.54 Å². The van der Waals surface area contributed by atoms with Crippen LogP contribution in [-0.4, -0.2) is 12.5 Å². The van der Waals surface area contributed by atoms with E-state index in [4.69, 9.17) is 0 Å². The van der Waals surface area contributed by atoms with Crippen molar-refractivity contribution < 1.29 is 4.79 Å². The SMILES string of the molecule is O=C(CCc1ccccc1)NCC1(c2ccsc2)CC1. The van der Waals surface area contributed by atoms with E-state index in [-0.39, 0.29) is 11.3 Å². The number of benzene rings is 1. The molecule has 1 heterocycles. The summed E-state index contributed by atoms with van der Waals surface area (Å²) >= 11 is 1.74. The Morgan fingerprint density at radius 3 is 2.65 bits per heavy atom. The molecule has 0 spiro atoms. The summed E-state index contributed by atoms with van der Waals surface area (Å²) in [5, 5.41) is 7.44. The Bertz CT molecular complexity index is 558. The van der Waals surface area contributed by atoms with E-state index >= 15 is 0 Å². The van der Waals surface area contributed by atoms with Crippen LogP contribution in [0.5, 0.6) is 0 Å². The lowest BCUT2D eigenvalue weighted by Gasteiger charge is -2.14. The second kappa shape index (κ2) is 5.80. The highest BCUT2D eigenvalue weighted by Crippen LogP contribution is 2.48. The fourth-order valence-electron chi connectivity index (χ4n) is 2.54. The van der Waals surface area contributed by atoms with E-state index in [9.17, 15) is 4.79 Å². The lowest BCUT2D eigenvalue weighted by Crippen LogP contribution is -2.32. The van der Waals surface area contributed by atoms with E-state index in [0.29, 0.717) is 6.42 Å². The molecule has 104 valence electrons. The first-order valence-corrected chi connectivity index (χ1v) is 8.06. The molecule has 1 aliphatic rings. The third-order valence-electron chi connectivity index (χ3n) is 4.09. The molecule has 1 aromatic heterocycles. The van der Waals surface area contributed by atoms with Crippen LogP contribution in [0.15, 0.2) is 47.2 Å². The van der Waals surface area contributed by atoms with Crippen molar-refractivity contribution in [2.24, 2.45) is 0 Å². The second-order valence-electron chi connectivity index (χ2n) is 5.55. The van der Waals surface area contributed by atoms with Gasteiger partial charge in [-0.2, -0.15) is 11.3 Å². The van der Waals surface area contributed by atoms with Crippen LogP contribution in [0.4, 0.5) is 0 Å². The Balaban J connectivity index is 1.46. The van der Waals surface area contributed by atoms with E-state index < -0.39 is 0 Å². The van der Waals surface area contributed by atoms with Gasteiger partial charge in [0.05, 0.1) is 0 Å². The van der Waals surface area contributed by atoms with Gasteiger partial charge in [0.25, 0.3) is 0 Å². The third kappa shape index (κ3) is 3.10. The first-order chi connectivity index (χ1) is 9.78. The minimum atomic E-state index is 0.162. The minimum absolute atomic E-state index is 0.162. The molecule has 0 atom stereocenters. The van der Waals surface area contributed by atoms with Crippen molar-refractivity contribution in [3.63, 3.8) is 0 Å². The number of aryl methyl sites for hydroxylation is 1. The van der Waals surface area contributed by atoms with Gasteiger partial charge in [0.2, 0.25) is 5.91 Å². The molecule has 20 heavy (non-hydrogen) atoms. The van der Waals surface area contributed by atoms with Gasteiger partial charge in [-0.25, -0.2) is 0 Å². The summed E-state index contributed by atoms with van der Waals surface area (Å²) in [6.07, 6.45) is 3.78. The average Bonchev–Trinajstić information content (AvgIpc) is 3.07. The van der Waals surface area contributed by atoms with Gasteiger partial charge >= 0.3 is 0 Å². The Hall–Kier alpha value is -1.61. The van der Waals surface area contributed by atoms with Gasteiger partial charge in [-0.3, -0.25) is 4.79 Å². The van der Waals surface area contributed by atoms with Crippen LogP contribution in [0.3, 0.4) is 0 Å². The normalized spacial score (nSPS) is 15.8. The van der Waals surface area contributed by atoms with E-state index in [2.05, 4.69) is 34.3 Å². The quantitative estimate of drug-likeness (QED) is 0.864. The standard InChI is InChI=1S/C17H19NOS/c19-16(7-6-14-4-2-1-3-5-14)18-13-17(9-10-17)15-8-11-20-12-15/h1-5,8,11-12H,6-7,9-10,13H2,(H,18,19). The molecule has 1 fully saturated rings. The lowest BCUT2D eigenvalue weighted by molar-refractivity contribution is -0.121. The topological polar surface area (TPSA) is 29.1 Å². The minimum Gasteiger partial charge on any atom is -0.355 e. The van der Waals surface area contributed by atoms with Crippen molar-refractivity contribution in [3.8, 4) is 0 Å². The van der Waals surface area contributed by atoms with Gasteiger partial charge in [0.15, 0.2) is 0 Å². The maximum Gasteiger partial charge on any atom is 0.220 e. The van der Waals surface area contributed by atoms with Crippen molar-refractivity contribution in [1.29, 1.82) is 0 Å². The molecule has 3 heteroatoms. The molecule has 2 aromatic rings. The van der Waals surface area contributed by atoms with Gasteiger partial charge < -0.3 is 5.32 Å². The Labute approximate surface area is 123 Å². The summed E-state index contributed by atoms with van der Waals surface area (Å²) in [7, 11) is 0. The smallest absolute Gasteiger partial charge is 0.220 e. The fraction of sp³-hybridized carbons (Fsp3) is 0.353. The van der Waals surface area contributed by atoms with Crippen LogP contribution >= 0.6 is 11.3 Å². The van der Waals surface area contributed by atoms with Gasteiger partial charge in [0, 0.05) is 18.4 Å². The van der Waals surface area contributed by atoms with Crippen LogP contribution in [0.2, 0.25) is 0 Å². The van der Waals surface area contributed by atoms with Crippen LogP contribution in [0.1, 0.15) is 30.4 Å². The van der Waals surface area contributed by atoms with Crippen molar-refractivity contribution >= 4 is 17.2 Å². The zero-order valence-corrected chi connectivity index (χ0v) is 12.3. The van der Waals surface area contributed by atoms with Crippen molar-refractivity contribution in [2.45, 2.75) is 31.1 Å². The van der Waals surface area contributed by atoms with E-state index in [0.717, 1.165) is 13.0 Å². The Morgan fingerprint density at radius 2 is 2.00 bits per heavy atom. The largest absolute Gasteiger partial charge is 0.355 e. The molecule has 0 aliphatic heterocycles. The summed E-state index contributed by atoms with van der Waals surface area (Å²) in [5.74, 6) is 0.162. The molecule has 1 amide bonds. The third-order valence-corrected chi connectivity index (χ3v) is 4.78. The number of thiophene rings is 1. The van der Waals surface area contributed by atoms with E-state index in [1.807, 2.05) is 18.2 Å². The van der Waals surface area contributed by atoms with Gasteiger partial charge in [-0.05, 0) is 47.2 Å².